The molecule has 2 aromatic rings. The maximum absolute atomic E-state index is 12.3. The van der Waals surface area contributed by atoms with E-state index in [1.54, 1.807) is 6.07 Å². The average Bonchev–Trinajstić information content (AvgIpc) is 2.38. The van der Waals surface area contributed by atoms with E-state index in [2.05, 4.69) is 9.72 Å². The number of alkyl halides is 3. The molecule has 2 rings (SSSR count). The first-order valence-electron chi connectivity index (χ1n) is 5.26. The van der Waals surface area contributed by atoms with Gasteiger partial charge in [0.2, 0.25) is 0 Å². The van der Waals surface area contributed by atoms with Crippen molar-refractivity contribution >= 4 is 6.29 Å². The Labute approximate surface area is 106 Å². The summed E-state index contributed by atoms with van der Waals surface area (Å²) in [5.74, 6) is -0.310. The highest BCUT2D eigenvalue weighted by Crippen LogP contribution is 2.33. The Kier molecular flexibility index (Phi) is 3.50. The first-order valence-corrected chi connectivity index (χ1v) is 5.26. The molecule has 0 spiro atoms. The van der Waals surface area contributed by atoms with Gasteiger partial charge in [0.1, 0.15) is 11.4 Å². The molecule has 0 saturated carbocycles. The summed E-state index contributed by atoms with van der Waals surface area (Å²) < 4.78 is 40.8. The third kappa shape index (κ3) is 3.31. The minimum Gasteiger partial charge on any atom is -0.405 e. The van der Waals surface area contributed by atoms with E-state index in [4.69, 9.17) is 0 Å². The maximum atomic E-state index is 12.3. The molecule has 0 N–H and O–H groups in total. The SMILES string of the molecule is O=Cc1ccc(-c2ccccc2OC(F)(F)F)cn1. The van der Waals surface area contributed by atoms with E-state index >= 15 is 0 Å². The van der Waals surface area contributed by atoms with Crippen LogP contribution in [-0.2, 0) is 0 Å². The van der Waals surface area contributed by atoms with Crippen LogP contribution in [0.25, 0.3) is 11.1 Å². The Morgan fingerprint density at radius 1 is 1.11 bits per heavy atom. The molecule has 98 valence electrons. The van der Waals surface area contributed by atoms with Crippen LogP contribution in [0.5, 0.6) is 5.75 Å². The summed E-state index contributed by atoms with van der Waals surface area (Å²) in [5, 5.41) is 0. The molecule has 0 radical (unpaired) electrons. The fourth-order valence-corrected chi connectivity index (χ4v) is 1.55. The number of benzene rings is 1. The fourth-order valence-electron chi connectivity index (χ4n) is 1.55. The number of ether oxygens (including phenoxy) is 1. The molecule has 0 bridgehead atoms. The van der Waals surface area contributed by atoms with Crippen molar-refractivity contribution in [2.45, 2.75) is 6.36 Å². The van der Waals surface area contributed by atoms with Crippen LogP contribution in [0.1, 0.15) is 10.5 Å². The van der Waals surface area contributed by atoms with Gasteiger partial charge in [0.05, 0.1) is 0 Å². The van der Waals surface area contributed by atoms with Gasteiger partial charge in [-0.25, -0.2) is 0 Å². The van der Waals surface area contributed by atoms with Gasteiger partial charge in [0, 0.05) is 17.3 Å². The van der Waals surface area contributed by atoms with E-state index in [0.29, 0.717) is 11.8 Å². The van der Waals surface area contributed by atoms with Gasteiger partial charge in [-0.15, -0.1) is 13.2 Å². The molecule has 0 aliphatic rings. The number of halogens is 3. The first kappa shape index (κ1) is 13.1. The second kappa shape index (κ2) is 5.09. The molecular weight excluding hydrogens is 259 g/mol. The van der Waals surface area contributed by atoms with Crippen molar-refractivity contribution in [2.75, 3.05) is 0 Å². The van der Waals surface area contributed by atoms with Gasteiger partial charge >= 0.3 is 6.36 Å². The molecule has 1 aromatic heterocycles. The summed E-state index contributed by atoms with van der Waals surface area (Å²) in [7, 11) is 0. The largest absolute Gasteiger partial charge is 0.573 e. The van der Waals surface area contributed by atoms with E-state index < -0.39 is 6.36 Å². The normalized spacial score (nSPS) is 11.1. The fraction of sp³-hybridized carbons (Fsp3) is 0.0769. The van der Waals surface area contributed by atoms with Crippen molar-refractivity contribution < 1.29 is 22.7 Å². The van der Waals surface area contributed by atoms with Crippen molar-refractivity contribution in [3.05, 3.63) is 48.3 Å². The van der Waals surface area contributed by atoms with Gasteiger partial charge < -0.3 is 4.74 Å². The summed E-state index contributed by atoms with van der Waals surface area (Å²) >= 11 is 0. The number of aromatic nitrogens is 1. The van der Waals surface area contributed by atoms with Crippen LogP contribution in [0.4, 0.5) is 13.2 Å². The monoisotopic (exact) mass is 267 g/mol. The topological polar surface area (TPSA) is 39.2 Å². The number of pyridine rings is 1. The summed E-state index contributed by atoms with van der Waals surface area (Å²) in [6, 6.07) is 8.67. The van der Waals surface area contributed by atoms with Gasteiger partial charge in [-0.05, 0) is 12.1 Å². The van der Waals surface area contributed by atoms with Gasteiger partial charge in [-0.3, -0.25) is 9.78 Å². The summed E-state index contributed by atoms with van der Waals surface area (Å²) in [6.07, 6.45) is -2.88. The van der Waals surface area contributed by atoms with Crippen LogP contribution in [0, 0.1) is 0 Å². The molecule has 0 unspecified atom stereocenters. The number of nitrogens with zero attached hydrogens (tertiary/aromatic N) is 1. The second-order valence-electron chi connectivity index (χ2n) is 3.63. The lowest BCUT2D eigenvalue weighted by Crippen LogP contribution is -2.17. The lowest BCUT2D eigenvalue weighted by Gasteiger charge is -2.13. The minimum absolute atomic E-state index is 0.206. The third-order valence-electron chi connectivity index (χ3n) is 2.33. The number of hydrogen-bond donors (Lipinski definition) is 0. The predicted molar refractivity (Wildman–Crippen MR) is 61.7 cm³/mol. The molecule has 0 aliphatic heterocycles. The molecule has 1 aromatic carbocycles. The van der Waals surface area contributed by atoms with Crippen LogP contribution >= 0.6 is 0 Å². The molecule has 19 heavy (non-hydrogen) atoms. The van der Waals surface area contributed by atoms with E-state index in [9.17, 15) is 18.0 Å². The molecule has 1 heterocycles. The highest BCUT2D eigenvalue weighted by Gasteiger charge is 2.32. The minimum atomic E-state index is -4.76. The Morgan fingerprint density at radius 2 is 1.84 bits per heavy atom. The highest BCUT2D eigenvalue weighted by atomic mass is 19.4. The average molecular weight is 267 g/mol. The zero-order valence-corrected chi connectivity index (χ0v) is 9.52. The van der Waals surface area contributed by atoms with Crippen LogP contribution in [0.2, 0.25) is 0 Å². The van der Waals surface area contributed by atoms with Crippen LogP contribution in [0.15, 0.2) is 42.6 Å². The third-order valence-corrected chi connectivity index (χ3v) is 2.33. The number of aldehydes is 1. The number of rotatable bonds is 3. The lowest BCUT2D eigenvalue weighted by atomic mass is 10.1. The first-order chi connectivity index (χ1) is 8.99. The molecular formula is C13H8F3NO2. The summed E-state index contributed by atoms with van der Waals surface area (Å²) in [6.45, 7) is 0. The van der Waals surface area contributed by atoms with Gasteiger partial charge in [0.25, 0.3) is 0 Å². The van der Waals surface area contributed by atoms with Gasteiger partial charge in [-0.1, -0.05) is 24.3 Å². The lowest BCUT2D eigenvalue weighted by molar-refractivity contribution is -0.274. The Hall–Kier alpha value is -2.37. The number of carbonyl (C=O) groups is 1. The standard InChI is InChI=1S/C13H8F3NO2/c14-13(15,16)19-12-4-2-1-3-11(12)9-5-6-10(8-18)17-7-9/h1-8H. The zero-order valence-electron chi connectivity index (χ0n) is 9.52. The van der Waals surface area contributed by atoms with E-state index in [0.717, 1.165) is 0 Å². The second-order valence-corrected chi connectivity index (χ2v) is 3.63. The van der Waals surface area contributed by atoms with Crippen molar-refractivity contribution in [3.8, 4) is 16.9 Å². The van der Waals surface area contributed by atoms with Crippen molar-refractivity contribution in [1.82, 2.24) is 4.98 Å². The molecule has 3 nitrogen and oxygen atoms in total. The summed E-state index contributed by atoms with van der Waals surface area (Å²) in [5.41, 5.74) is 0.896. The van der Waals surface area contributed by atoms with Crippen molar-refractivity contribution in [3.63, 3.8) is 0 Å². The van der Waals surface area contributed by atoms with Crippen LogP contribution in [-0.4, -0.2) is 17.6 Å². The molecule has 0 atom stereocenters. The number of carbonyl (C=O) groups excluding carboxylic acids is 1. The highest BCUT2D eigenvalue weighted by molar-refractivity contribution is 5.75. The zero-order chi connectivity index (χ0) is 13.9. The van der Waals surface area contributed by atoms with Crippen LogP contribution < -0.4 is 4.74 Å². The molecule has 0 fully saturated rings. The molecule has 0 saturated heterocycles. The quantitative estimate of drug-likeness (QED) is 0.799. The Morgan fingerprint density at radius 3 is 2.42 bits per heavy atom. The van der Waals surface area contributed by atoms with E-state index in [-0.39, 0.29) is 17.0 Å². The van der Waals surface area contributed by atoms with E-state index in [1.807, 2.05) is 0 Å². The van der Waals surface area contributed by atoms with E-state index in [1.165, 1.54) is 36.5 Å². The van der Waals surface area contributed by atoms with Crippen molar-refractivity contribution in [2.24, 2.45) is 0 Å². The Balaban J connectivity index is 2.40. The van der Waals surface area contributed by atoms with Crippen LogP contribution in [0.3, 0.4) is 0 Å². The van der Waals surface area contributed by atoms with Gasteiger partial charge in [-0.2, -0.15) is 0 Å². The summed E-state index contributed by atoms with van der Waals surface area (Å²) in [4.78, 5) is 14.3. The number of para-hydroxylation sites is 1. The maximum Gasteiger partial charge on any atom is 0.573 e. The molecule has 0 amide bonds. The predicted octanol–water partition coefficient (Wildman–Crippen LogP) is 3.46. The molecule has 6 heteroatoms. The van der Waals surface area contributed by atoms with Gasteiger partial charge in [0.15, 0.2) is 6.29 Å². The van der Waals surface area contributed by atoms with Crippen molar-refractivity contribution in [1.29, 1.82) is 0 Å². The smallest absolute Gasteiger partial charge is 0.405 e. The molecule has 0 aliphatic carbocycles. The Bertz CT molecular complexity index is 579. The number of hydrogen-bond acceptors (Lipinski definition) is 3.